The molecule has 74 heavy (non-hydrogen) atoms. The molecule has 0 N–H and O–H groups in total. The highest BCUT2D eigenvalue weighted by atomic mass is 19.5. The van der Waals surface area contributed by atoms with Crippen LogP contribution in [-0.2, 0) is 0 Å². The molecular weight excluding hydrogens is 920 g/mol. The van der Waals surface area contributed by atoms with Crippen molar-refractivity contribution in [1.29, 1.82) is 0 Å². The normalized spacial score (nSPS) is 15.0. The van der Waals surface area contributed by atoms with Gasteiger partial charge in [-0.2, -0.15) is 0 Å². The topological polar surface area (TPSA) is 6.25 Å². The van der Waals surface area contributed by atoms with Gasteiger partial charge in [-0.3, -0.25) is 0 Å². The second-order valence-corrected chi connectivity index (χ2v) is 21.1. The van der Waals surface area contributed by atoms with Crippen LogP contribution in [0.5, 0.6) is 0 Å². The molecule has 0 saturated heterocycles. The summed E-state index contributed by atoms with van der Waals surface area (Å²) in [5.41, 5.74) is 15.9. The predicted molar refractivity (Wildman–Crippen MR) is 307 cm³/mol. The van der Waals surface area contributed by atoms with E-state index < -0.39 is 7.25 Å². The Labute approximate surface area is 433 Å². The van der Waals surface area contributed by atoms with E-state index in [2.05, 4.69) is 265 Å². The minimum Gasteiger partial charge on any atom is -0.418 e. The number of hydrogen-bond acceptors (Lipinski definition) is 1. The Balaban J connectivity index is 0.00000120. The molecule has 10 aromatic rings. The van der Waals surface area contributed by atoms with E-state index in [-0.39, 0.29) is 35.8 Å². The molecule has 1 aliphatic heterocycles. The van der Waals surface area contributed by atoms with Gasteiger partial charge in [0.15, 0.2) is 12.1 Å². The SMILES string of the molecule is CC(C)c1cc(-c2c3ccccc3cc3ccccc23)cc(C(C)C)c1N1C=[N+](c2c(C(C)C)cc(-c3c4ccccc4cc4ccccc34)cc2C(C)C)[C@H](c2ccccc2)[C@H]1c1ccccc1.F[B-](F)(F)F. The lowest BCUT2D eigenvalue weighted by molar-refractivity contribution is -0.482. The van der Waals surface area contributed by atoms with E-state index in [1.807, 2.05) is 0 Å². The highest BCUT2D eigenvalue weighted by molar-refractivity contribution is 6.50. The largest absolute Gasteiger partial charge is 0.673 e. The molecule has 0 unspecified atom stereocenters. The number of fused-ring (bicyclic) bond motifs is 4. The molecule has 0 radical (unpaired) electrons. The Morgan fingerprint density at radius 2 is 0.703 bits per heavy atom. The van der Waals surface area contributed by atoms with Gasteiger partial charge >= 0.3 is 7.25 Å². The third-order valence-electron chi connectivity index (χ3n) is 14.9. The van der Waals surface area contributed by atoms with Crippen LogP contribution < -0.4 is 4.90 Å². The van der Waals surface area contributed by atoms with E-state index in [0.29, 0.717) is 0 Å². The molecule has 2 nitrogen and oxygen atoms in total. The first-order chi connectivity index (χ1) is 35.6. The van der Waals surface area contributed by atoms with Crippen molar-refractivity contribution in [3.63, 3.8) is 0 Å². The molecule has 0 bridgehead atoms. The van der Waals surface area contributed by atoms with E-state index >= 15 is 0 Å². The Kier molecular flexibility index (Phi) is 13.8. The van der Waals surface area contributed by atoms with Crippen molar-refractivity contribution in [2.24, 2.45) is 0 Å². The molecule has 7 heteroatoms. The van der Waals surface area contributed by atoms with E-state index in [4.69, 9.17) is 0 Å². The lowest BCUT2D eigenvalue weighted by Gasteiger charge is -2.30. The van der Waals surface area contributed by atoms with Gasteiger partial charge in [0.05, 0.1) is 0 Å². The van der Waals surface area contributed by atoms with Crippen molar-refractivity contribution in [1.82, 2.24) is 0 Å². The van der Waals surface area contributed by atoms with Gasteiger partial charge in [-0.15, -0.1) is 0 Å². The first kappa shape index (κ1) is 50.0. The molecule has 11 rings (SSSR count). The highest BCUT2D eigenvalue weighted by Gasteiger charge is 2.49. The van der Waals surface area contributed by atoms with Crippen LogP contribution in [0.25, 0.3) is 65.3 Å². The monoisotopic (exact) mass is 983 g/mol. The quantitative estimate of drug-likeness (QED) is 0.0573. The van der Waals surface area contributed by atoms with Crippen LogP contribution in [0.15, 0.2) is 194 Å². The van der Waals surface area contributed by atoms with E-state index in [1.165, 1.54) is 110 Å². The van der Waals surface area contributed by atoms with Gasteiger partial charge in [-0.1, -0.05) is 213 Å². The molecule has 0 saturated carbocycles. The van der Waals surface area contributed by atoms with Crippen molar-refractivity contribution in [3.05, 3.63) is 228 Å². The van der Waals surface area contributed by atoms with Gasteiger partial charge in [0.25, 0.3) is 0 Å². The fourth-order valence-electron chi connectivity index (χ4n) is 11.6. The third-order valence-corrected chi connectivity index (χ3v) is 14.9. The minimum atomic E-state index is -6.00. The first-order valence-electron chi connectivity index (χ1n) is 26.1. The molecule has 372 valence electrons. The summed E-state index contributed by atoms with van der Waals surface area (Å²) < 4.78 is 41.7. The summed E-state index contributed by atoms with van der Waals surface area (Å²) in [6, 6.07) is 73.2. The molecule has 0 spiro atoms. The predicted octanol–water partition coefficient (Wildman–Crippen LogP) is 20.1. The number of halogens is 4. The van der Waals surface area contributed by atoms with E-state index in [0.717, 1.165) is 0 Å². The van der Waals surface area contributed by atoms with Crippen molar-refractivity contribution >= 4 is 68.1 Å². The van der Waals surface area contributed by atoms with Crippen LogP contribution >= 0.6 is 0 Å². The fraction of sp³-hybridized carbons (Fsp3) is 0.209. The maximum atomic E-state index is 9.75. The summed E-state index contributed by atoms with van der Waals surface area (Å²) in [7, 11) is -6.00. The van der Waals surface area contributed by atoms with Crippen molar-refractivity contribution in [2.75, 3.05) is 4.90 Å². The molecule has 0 aliphatic carbocycles. The summed E-state index contributed by atoms with van der Waals surface area (Å²) >= 11 is 0. The highest BCUT2D eigenvalue weighted by Crippen LogP contribution is 2.53. The number of benzene rings is 10. The van der Waals surface area contributed by atoms with Gasteiger partial charge in [0.1, 0.15) is 11.4 Å². The number of anilines is 1. The molecular formula is C67H63BF4N2. The van der Waals surface area contributed by atoms with Gasteiger partial charge in [-0.25, -0.2) is 9.48 Å². The molecule has 0 fully saturated rings. The Bertz CT molecular complexity index is 3540. The van der Waals surface area contributed by atoms with E-state index in [9.17, 15) is 17.3 Å². The lowest BCUT2D eigenvalue weighted by Crippen LogP contribution is -2.28. The van der Waals surface area contributed by atoms with Crippen LogP contribution in [0.3, 0.4) is 0 Å². The van der Waals surface area contributed by atoms with Crippen LogP contribution in [-0.4, -0.2) is 18.2 Å². The van der Waals surface area contributed by atoms with Crippen molar-refractivity contribution in [2.45, 2.75) is 91.1 Å². The van der Waals surface area contributed by atoms with Crippen LogP contribution in [0.2, 0.25) is 0 Å². The zero-order chi connectivity index (χ0) is 52.0. The minimum absolute atomic E-state index is 0.0328. The summed E-state index contributed by atoms with van der Waals surface area (Å²) in [5.74, 6) is 1.000. The second-order valence-electron chi connectivity index (χ2n) is 21.1. The summed E-state index contributed by atoms with van der Waals surface area (Å²) in [4.78, 5) is 2.70. The van der Waals surface area contributed by atoms with Crippen molar-refractivity contribution in [3.8, 4) is 22.3 Å². The maximum absolute atomic E-state index is 9.75. The Morgan fingerprint density at radius 3 is 1.05 bits per heavy atom. The van der Waals surface area contributed by atoms with Crippen LogP contribution in [0.4, 0.5) is 28.6 Å². The summed E-state index contributed by atoms with van der Waals surface area (Å²) in [6.07, 6.45) is 2.52. The zero-order valence-electron chi connectivity index (χ0n) is 43.5. The molecule has 10 aromatic carbocycles. The van der Waals surface area contributed by atoms with Gasteiger partial charge in [0, 0.05) is 33.4 Å². The molecule has 0 amide bonds. The Morgan fingerprint density at radius 1 is 0.392 bits per heavy atom. The lowest BCUT2D eigenvalue weighted by atomic mass is 9.83. The zero-order valence-corrected chi connectivity index (χ0v) is 43.5. The Hall–Kier alpha value is -7.51. The molecule has 1 aliphatic rings. The number of nitrogens with zero attached hydrogens (tertiary/aromatic N) is 2. The molecule has 0 aromatic heterocycles. The maximum Gasteiger partial charge on any atom is 0.673 e. The van der Waals surface area contributed by atoms with E-state index in [1.54, 1.807) is 0 Å². The summed E-state index contributed by atoms with van der Waals surface area (Å²) in [6.45, 7) is 19.1. The van der Waals surface area contributed by atoms with Crippen LogP contribution in [0, 0.1) is 0 Å². The smallest absolute Gasteiger partial charge is 0.418 e. The third kappa shape index (κ3) is 9.61. The first-order valence-corrected chi connectivity index (χ1v) is 26.1. The second kappa shape index (κ2) is 20.4. The van der Waals surface area contributed by atoms with Crippen molar-refractivity contribution < 1.29 is 21.8 Å². The average Bonchev–Trinajstić information content (AvgIpc) is 3.79. The summed E-state index contributed by atoms with van der Waals surface area (Å²) in [5, 5.41) is 10.3. The average molecular weight is 983 g/mol. The molecule has 2 atom stereocenters. The van der Waals surface area contributed by atoms with Gasteiger partial charge in [0.2, 0.25) is 6.34 Å². The molecule has 1 heterocycles. The van der Waals surface area contributed by atoms with Gasteiger partial charge in [-0.05, 0) is 125 Å². The standard InChI is InChI=1S/C67H63N2.BF4/c1-42(2)58-37-52(62-54-31-19-15-27-48(54)35-49-28-16-20-32-55(49)62)38-59(43(3)4)66(58)68-41-69(65(47-25-13-10-14-26-47)64(68)46-23-11-9-12-24-46)67-60(44(5)6)39-53(40-61(67)45(7)8)63-56-33-21-17-29-50(56)36-51-30-18-22-34-57(51)63;2-1(3,4)5/h9-45,64-65H,1-8H3;/q+1;-1/t64-,65-;/m1./s1. The van der Waals surface area contributed by atoms with Crippen LogP contribution in [0.1, 0.15) is 125 Å². The fourth-order valence-corrected chi connectivity index (χ4v) is 11.6. The number of hydrogen-bond donors (Lipinski definition) is 0. The number of rotatable bonds is 10. The van der Waals surface area contributed by atoms with Gasteiger partial charge < -0.3 is 17.3 Å².